The van der Waals surface area contributed by atoms with Crippen LogP contribution in [-0.2, 0) is 9.53 Å². The maximum atomic E-state index is 14.1. The molecule has 1 atom stereocenters. The molecular weight excluding hydrogens is 350 g/mol. The van der Waals surface area contributed by atoms with E-state index in [0.717, 1.165) is 5.69 Å². The number of hydrogen-bond acceptors (Lipinski definition) is 3. The minimum atomic E-state index is -0.394. The Balaban J connectivity index is 1.68. The van der Waals surface area contributed by atoms with Crippen LogP contribution >= 0.6 is 0 Å². The molecule has 3 rings (SSSR count). The van der Waals surface area contributed by atoms with Gasteiger partial charge < -0.3 is 15.0 Å². The van der Waals surface area contributed by atoms with Crippen molar-refractivity contribution in [2.75, 3.05) is 31.2 Å². The maximum absolute atomic E-state index is 14.1. The lowest BCUT2D eigenvalue weighted by atomic mass is 10.1. The standard InChI is InChI=1S/C21H22F2N2O2/c1-15(24-21(26)7-6-16-4-2-3-5-20(16)23)17-12-18(22)14-19(13-17)25-8-10-27-11-9-25/h2-7,12-15H,8-11H2,1H3,(H,24,26)/b7-6+. The van der Waals surface area contributed by atoms with Crippen LogP contribution in [0.25, 0.3) is 6.08 Å². The number of carbonyl (C=O) groups excluding carboxylic acids is 1. The van der Waals surface area contributed by atoms with E-state index in [9.17, 15) is 13.6 Å². The van der Waals surface area contributed by atoms with Crippen LogP contribution in [0.3, 0.4) is 0 Å². The minimum absolute atomic E-state index is 0.334. The van der Waals surface area contributed by atoms with E-state index in [1.165, 1.54) is 30.4 Å². The van der Waals surface area contributed by atoms with Gasteiger partial charge in [-0.2, -0.15) is 0 Å². The van der Waals surface area contributed by atoms with Crippen LogP contribution in [-0.4, -0.2) is 32.2 Å². The fourth-order valence-electron chi connectivity index (χ4n) is 2.97. The van der Waals surface area contributed by atoms with Gasteiger partial charge in [-0.1, -0.05) is 18.2 Å². The number of benzene rings is 2. The zero-order chi connectivity index (χ0) is 19.2. The molecule has 1 N–H and O–H groups in total. The second-order valence-electron chi connectivity index (χ2n) is 6.43. The van der Waals surface area contributed by atoms with E-state index in [4.69, 9.17) is 4.74 Å². The van der Waals surface area contributed by atoms with Gasteiger partial charge in [0, 0.05) is 30.4 Å². The van der Waals surface area contributed by atoms with Crippen LogP contribution in [0.15, 0.2) is 48.5 Å². The van der Waals surface area contributed by atoms with E-state index in [2.05, 4.69) is 10.2 Å². The number of hydrogen-bond donors (Lipinski definition) is 1. The van der Waals surface area contributed by atoms with Crippen molar-refractivity contribution in [1.82, 2.24) is 5.32 Å². The van der Waals surface area contributed by atoms with Gasteiger partial charge in [-0.05, 0) is 42.8 Å². The number of halogens is 2. The molecule has 1 aliphatic heterocycles. The summed E-state index contributed by atoms with van der Waals surface area (Å²) in [5.74, 6) is -1.12. The summed E-state index contributed by atoms with van der Waals surface area (Å²) >= 11 is 0. The van der Waals surface area contributed by atoms with Gasteiger partial charge in [0.2, 0.25) is 5.91 Å². The van der Waals surface area contributed by atoms with Gasteiger partial charge in [0.25, 0.3) is 0 Å². The third kappa shape index (κ3) is 5.14. The second kappa shape index (κ2) is 8.77. The van der Waals surface area contributed by atoms with Crippen molar-refractivity contribution < 1.29 is 18.3 Å². The Bertz CT molecular complexity index is 833. The quantitative estimate of drug-likeness (QED) is 0.814. The van der Waals surface area contributed by atoms with Crippen LogP contribution in [0.2, 0.25) is 0 Å². The lowest BCUT2D eigenvalue weighted by Gasteiger charge is -2.29. The predicted molar refractivity (Wildman–Crippen MR) is 101 cm³/mol. The Morgan fingerprint density at radius 2 is 1.93 bits per heavy atom. The van der Waals surface area contributed by atoms with E-state index in [-0.39, 0.29) is 11.7 Å². The van der Waals surface area contributed by atoms with Crippen molar-refractivity contribution in [3.63, 3.8) is 0 Å². The molecule has 1 fully saturated rings. The van der Waals surface area contributed by atoms with Gasteiger partial charge >= 0.3 is 0 Å². The summed E-state index contributed by atoms with van der Waals surface area (Å²) in [6.45, 7) is 4.41. The first-order valence-electron chi connectivity index (χ1n) is 8.89. The smallest absolute Gasteiger partial charge is 0.244 e. The monoisotopic (exact) mass is 372 g/mol. The summed E-state index contributed by atoms with van der Waals surface area (Å²) in [5, 5.41) is 2.79. The molecule has 1 amide bonds. The van der Waals surface area contributed by atoms with Crippen molar-refractivity contribution in [3.8, 4) is 0 Å². The summed E-state index contributed by atoms with van der Waals surface area (Å²) < 4.78 is 33.0. The average molecular weight is 372 g/mol. The number of ether oxygens (including phenoxy) is 1. The molecule has 27 heavy (non-hydrogen) atoms. The zero-order valence-electron chi connectivity index (χ0n) is 15.1. The number of carbonyl (C=O) groups is 1. The molecule has 1 saturated heterocycles. The van der Waals surface area contributed by atoms with Crippen molar-refractivity contribution in [2.45, 2.75) is 13.0 Å². The predicted octanol–water partition coefficient (Wildman–Crippen LogP) is 3.69. The number of anilines is 1. The number of rotatable bonds is 5. The Hall–Kier alpha value is -2.73. The molecule has 4 nitrogen and oxygen atoms in total. The van der Waals surface area contributed by atoms with Crippen molar-refractivity contribution in [1.29, 1.82) is 0 Å². The van der Waals surface area contributed by atoms with Crippen LogP contribution in [0.5, 0.6) is 0 Å². The molecule has 1 unspecified atom stereocenters. The molecule has 2 aromatic rings. The number of nitrogens with one attached hydrogen (secondary N) is 1. The highest BCUT2D eigenvalue weighted by Gasteiger charge is 2.15. The van der Waals surface area contributed by atoms with Gasteiger partial charge in [0.05, 0.1) is 19.3 Å². The Kier molecular flexibility index (Phi) is 6.19. The van der Waals surface area contributed by atoms with E-state index in [1.54, 1.807) is 25.1 Å². The summed E-state index contributed by atoms with van der Waals surface area (Å²) in [5.41, 5.74) is 1.78. The second-order valence-corrected chi connectivity index (χ2v) is 6.43. The van der Waals surface area contributed by atoms with Crippen LogP contribution < -0.4 is 10.2 Å². The van der Waals surface area contributed by atoms with Crippen molar-refractivity contribution in [3.05, 3.63) is 71.3 Å². The lowest BCUT2D eigenvalue weighted by Crippen LogP contribution is -2.36. The van der Waals surface area contributed by atoms with E-state index in [1.807, 2.05) is 6.07 Å². The highest BCUT2D eigenvalue weighted by atomic mass is 19.1. The van der Waals surface area contributed by atoms with E-state index >= 15 is 0 Å². The van der Waals surface area contributed by atoms with Gasteiger partial charge in [-0.3, -0.25) is 4.79 Å². The summed E-state index contributed by atoms with van der Waals surface area (Å²) in [4.78, 5) is 14.2. The maximum Gasteiger partial charge on any atom is 0.244 e. The Morgan fingerprint density at radius 3 is 2.67 bits per heavy atom. The van der Waals surface area contributed by atoms with Gasteiger partial charge in [0.15, 0.2) is 0 Å². The number of amides is 1. The molecule has 6 heteroatoms. The molecule has 142 valence electrons. The van der Waals surface area contributed by atoms with Crippen LogP contribution in [0.1, 0.15) is 24.1 Å². The lowest BCUT2D eigenvalue weighted by molar-refractivity contribution is -0.117. The fourth-order valence-corrected chi connectivity index (χ4v) is 2.97. The largest absolute Gasteiger partial charge is 0.378 e. The fraction of sp³-hybridized carbons (Fsp3) is 0.286. The van der Waals surface area contributed by atoms with Crippen LogP contribution in [0, 0.1) is 11.6 Å². The first-order valence-corrected chi connectivity index (χ1v) is 8.89. The molecule has 0 aromatic heterocycles. The first kappa shape index (κ1) is 19.0. The van der Waals surface area contributed by atoms with Crippen LogP contribution in [0.4, 0.5) is 14.5 Å². The molecule has 0 bridgehead atoms. The third-order valence-electron chi connectivity index (χ3n) is 4.46. The molecule has 0 aliphatic carbocycles. The van der Waals surface area contributed by atoms with E-state index < -0.39 is 11.9 Å². The average Bonchev–Trinajstić information content (AvgIpc) is 2.67. The molecule has 0 saturated carbocycles. The normalized spacial score (nSPS) is 15.7. The van der Waals surface area contributed by atoms with Gasteiger partial charge in [0.1, 0.15) is 11.6 Å². The SMILES string of the molecule is CC(NC(=O)/C=C/c1ccccc1F)c1cc(F)cc(N2CCOCC2)c1. The molecule has 0 spiro atoms. The summed E-state index contributed by atoms with van der Waals surface area (Å²) in [6.07, 6.45) is 2.69. The number of nitrogens with zero attached hydrogens (tertiary/aromatic N) is 1. The number of morpholine rings is 1. The first-order chi connectivity index (χ1) is 13.0. The highest BCUT2D eigenvalue weighted by Crippen LogP contribution is 2.23. The Morgan fingerprint density at radius 1 is 1.19 bits per heavy atom. The van der Waals surface area contributed by atoms with Crippen molar-refractivity contribution in [2.24, 2.45) is 0 Å². The topological polar surface area (TPSA) is 41.6 Å². The van der Waals surface area contributed by atoms with Gasteiger partial charge in [-0.15, -0.1) is 0 Å². The molecule has 2 aromatic carbocycles. The molecule has 1 heterocycles. The van der Waals surface area contributed by atoms with E-state index in [0.29, 0.717) is 37.4 Å². The van der Waals surface area contributed by atoms with Gasteiger partial charge in [-0.25, -0.2) is 8.78 Å². The summed E-state index contributed by atoms with van der Waals surface area (Å²) in [7, 11) is 0. The van der Waals surface area contributed by atoms with Crippen molar-refractivity contribution >= 4 is 17.7 Å². The molecule has 0 radical (unpaired) electrons. The third-order valence-corrected chi connectivity index (χ3v) is 4.46. The highest BCUT2D eigenvalue weighted by molar-refractivity contribution is 5.92. The molecular formula is C21H22F2N2O2. The summed E-state index contributed by atoms with van der Waals surface area (Å²) in [6, 6.07) is 10.6. The molecule has 1 aliphatic rings. The Labute approximate surface area is 157 Å². The minimum Gasteiger partial charge on any atom is -0.378 e. The zero-order valence-corrected chi connectivity index (χ0v) is 15.1.